The molecule has 2 heterocycles. The Morgan fingerprint density at radius 3 is 2.62 bits per heavy atom. The molecule has 0 fully saturated rings. The van der Waals surface area contributed by atoms with Crippen molar-refractivity contribution in [1.82, 2.24) is 14.9 Å². The molecule has 0 amide bonds. The summed E-state index contributed by atoms with van der Waals surface area (Å²) in [6.45, 7) is 8.86. The first-order valence-corrected chi connectivity index (χ1v) is 8.87. The molecule has 0 aliphatic carbocycles. The minimum atomic E-state index is -0.431. The highest BCUT2D eigenvalue weighted by Gasteiger charge is 2.20. The van der Waals surface area contributed by atoms with E-state index in [1.165, 1.54) is 18.4 Å². The molecule has 2 aromatic rings. The number of fused-ring (bicyclic) bond motifs is 1. The minimum absolute atomic E-state index is 0.205. The molecule has 0 spiro atoms. The second-order valence-electron chi connectivity index (χ2n) is 6.63. The van der Waals surface area contributed by atoms with Crippen molar-refractivity contribution in [2.45, 2.75) is 46.7 Å². The second kappa shape index (κ2) is 7.44. The summed E-state index contributed by atoms with van der Waals surface area (Å²) in [6.07, 6.45) is 1.08. The van der Waals surface area contributed by atoms with Crippen LogP contribution in [-0.4, -0.2) is 41.0 Å². The van der Waals surface area contributed by atoms with E-state index in [9.17, 15) is 9.59 Å². The lowest BCUT2D eigenvalue weighted by Crippen LogP contribution is -2.31. The number of aromatic amines is 1. The number of H-pyrrole nitrogens is 1. The van der Waals surface area contributed by atoms with Crippen molar-refractivity contribution in [3.63, 3.8) is 0 Å². The SMILES string of the molecule is COC(=O)c1sc2nc(CN(C)C(C)CC(C)C)[nH]c(=O)c2c1C. The Kier molecular flexibility index (Phi) is 5.77. The molecule has 1 unspecified atom stereocenters. The third-order valence-corrected chi connectivity index (χ3v) is 5.35. The summed E-state index contributed by atoms with van der Waals surface area (Å²) < 4.78 is 4.77. The van der Waals surface area contributed by atoms with Crippen molar-refractivity contribution >= 4 is 27.5 Å². The normalized spacial score (nSPS) is 13.0. The monoisotopic (exact) mass is 351 g/mol. The first-order chi connectivity index (χ1) is 11.2. The van der Waals surface area contributed by atoms with Gasteiger partial charge in [0.2, 0.25) is 0 Å². The Bertz CT molecular complexity index is 794. The van der Waals surface area contributed by atoms with Crippen molar-refractivity contribution in [3.8, 4) is 0 Å². The highest BCUT2D eigenvalue weighted by Crippen LogP contribution is 2.27. The van der Waals surface area contributed by atoms with Crippen molar-refractivity contribution in [3.05, 3.63) is 26.6 Å². The van der Waals surface area contributed by atoms with Gasteiger partial charge in [0.25, 0.3) is 5.56 Å². The summed E-state index contributed by atoms with van der Waals surface area (Å²) in [5, 5.41) is 0.474. The second-order valence-corrected chi connectivity index (χ2v) is 7.63. The van der Waals surface area contributed by atoms with Crippen molar-refractivity contribution in [2.24, 2.45) is 5.92 Å². The predicted octanol–water partition coefficient (Wildman–Crippen LogP) is 2.95. The van der Waals surface area contributed by atoms with Gasteiger partial charge in [-0.1, -0.05) is 13.8 Å². The molecule has 2 aromatic heterocycles. The van der Waals surface area contributed by atoms with Crippen LogP contribution in [-0.2, 0) is 11.3 Å². The van der Waals surface area contributed by atoms with Crippen LogP contribution in [0.5, 0.6) is 0 Å². The first kappa shape index (κ1) is 18.6. The van der Waals surface area contributed by atoms with Gasteiger partial charge in [-0.2, -0.15) is 0 Å². The molecule has 0 aliphatic rings. The summed E-state index contributed by atoms with van der Waals surface area (Å²) in [6, 6.07) is 0.390. The molecule has 1 N–H and O–H groups in total. The summed E-state index contributed by atoms with van der Waals surface area (Å²) in [4.78, 5) is 34.8. The summed E-state index contributed by atoms with van der Waals surface area (Å²) in [5.41, 5.74) is 0.424. The van der Waals surface area contributed by atoms with Crippen molar-refractivity contribution < 1.29 is 9.53 Å². The number of rotatable bonds is 6. The number of carbonyl (C=O) groups is 1. The topological polar surface area (TPSA) is 75.3 Å². The largest absolute Gasteiger partial charge is 0.465 e. The molecule has 7 heteroatoms. The summed E-state index contributed by atoms with van der Waals surface area (Å²) in [5.74, 6) is 0.793. The molecule has 0 bridgehead atoms. The number of hydrogen-bond donors (Lipinski definition) is 1. The molecule has 132 valence electrons. The molecule has 2 rings (SSSR count). The van der Waals surface area contributed by atoms with Crippen LogP contribution in [0.2, 0.25) is 0 Å². The van der Waals surface area contributed by atoms with Gasteiger partial charge in [0, 0.05) is 6.04 Å². The predicted molar refractivity (Wildman–Crippen MR) is 96.7 cm³/mol. The van der Waals surface area contributed by atoms with Crippen LogP contribution in [0.1, 0.15) is 48.3 Å². The van der Waals surface area contributed by atoms with Gasteiger partial charge < -0.3 is 9.72 Å². The van der Waals surface area contributed by atoms with E-state index in [-0.39, 0.29) is 5.56 Å². The lowest BCUT2D eigenvalue weighted by atomic mass is 10.0. The molecule has 6 nitrogen and oxygen atoms in total. The third-order valence-electron chi connectivity index (χ3n) is 4.18. The Hall–Kier alpha value is -1.73. The average molecular weight is 351 g/mol. The van der Waals surface area contributed by atoms with Gasteiger partial charge in [-0.25, -0.2) is 9.78 Å². The van der Waals surface area contributed by atoms with Crippen LogP contribution in [0.3, 0.4) is 0 Å². The molecule has 24 heavy (non-hydrogen) atoms. The molecular weight excluding hydrogens is 326 g/mol. The molecular formula is C17H25N3O3S. The number of thiophene rings is 1. The fraction of sp³-hybridized carbons (Fsp3) is 0.588. The maximum Gasteiger partial charge on any atom is 0.348 e. The summed E-state index contributed by atoms with van der Waals surface area (Å²) >= 11 is 1.21. The summed E-state index contributed by atoms with van der Waals surface area (Å²) in [7, 11) is 3.36. The van der Waals surface area contributed by atoms with Crippen LogP contribution in [0, 0.1) is 12.8 Å². The fourth-order valence-corrected chi connectivity index (χ4v) is 3.92. The molecule has 1 atom stereocenters. The van der Waals surface area contributed by atoms with E-state index in [4.69, 9.17) is 4.74 Å². The third kappa shape index (κ3) is 3.84. The highest BCUT2D eigenvalue weighted by molar-refractivity contribution is 7.20. The smallest absolute Gasteiger partial charge is 0.348 e. The number of esters is 1. The number of aromatic nitrogens is 2. The molecule has 0 aromatic carbocycles. The van der Waals surface area contributed by atoms with Gasteiger partial charge in [-0.05, 0) is 38.8 Å². The van der Waals surface area contributed by atoms with Gasteiger partial charge in [-0.15, -0.1) is 11.3 Å². The van der Waals surface area contributed by atoms with Crippen LogP contribution >= 0.6 is 11.3 Å². The van der Waals surface area contributed by atoms with Gasteiger partial charge in [0.1, 0.15) is 15.5 Å². The molecule has 0 aliphatic heterocycles. The van der Waals surface area contributed by atoms with Gasteiger partial charge in [-0.3, -0.25) is 9.69 Å². The maximum absolute atomic E-state index is 12.4. The van der Waals surface area contributed by atoms with E-state index in [0.29, 0.717) is 45.0 Å². The number of aryl methyl sites for hydroxylation is 1. The number of nitrogens with zero attached hydrogens (tertiary/aromatic N) is 2. The number of ether oxygens (including phenoxy) is 1. The van der Waals surface area contributed by atoms with Gasteiger partial charge in [0.15, 0.2) is 0 Å². The zero-order valence-corrected chi connectivity index (χ0v) is 15.9. The Balaban J connectivity index is 2.34. The van der Waals surface area contributed by atoms with Crippen LogP contribution < -0.4 is 5.56 Å². The number of hydrogen-bond acceptors (Lipinski definition) is 6. The van der Waals surface area contributed by atoms with E-state index in [1.54, 1.807) is 6.92 Å². The quantitative estimate of drug-likeness (QED) is 0.810. The highest BCUT2D eigenvalue weighted by atomic mass is 32.1. The molecule has 0 saturated carbocycles. The van der Waals surface area contributed by atoms with Crippen LogP contribution in [0.25, 0.3) is 10.2 Å². The maximum atomic E-state index is 12.4. The van der Waals surface area contributed by atoms with E-state index in [0.717, 1.165) is 6.42 Å². The van der Waals surface area contributed by atoms with Crippen LogP contribution in [0.4, 0.5) is 0 Å². The number of carbonyl (C=O) groups excluding carboxylic acids is 1. The average Bonchev–Trinajstić information content (AvgIpc) is 2.83. The van der Waals surface area contributed by atoms with E-state index in [2.05, 4.69) is 35.6 Å². The van der Waals surface area contributed by atoms with E-state index >= 15 is 0 Å². The van der Waals surface area contributed by atoms with E-state index < -0.39 is 5.97 Å². The Labute approximate surface area is 145 Å². The molecule has 0 saturated heterocycles. The van der Waals surface area contributed by atoms with E-state index in [1.807, 2.05) is 7.05 Å². The number of nitrogens with one attached hydrogen (secondary N) is 1. The fourth-order valence-electron chi connectivity index (χ4n) is 2.80. The zero-order chi connectivity index (χ0) is 18.0. The van der Waals surface area contributed by atoms with Crippen LogP contribution in [0.15, 0.2) is 4.79 Å². The Morgan fingerprint density at radius 2 is 2.04 bits per heavy atom. The zero-order valence-electron chi connectivity index (χ0n) is 15.1. The number of methoxy groups -OCH3 is 1. The van der Waals surface area contributed by atoms with Gasteiger partial charge in [0.05, 0.1) is 19.0 Å². The van der Waals surface area contributed by atoms with Crippen molar-refractivity contribution in [1.29, 1.82) is 0 Å². The standard InChI is InChI=1S/C17H25N3O3S/c1-9(2)7-10(3)20(5)8-12-18-15(21)13-11(4)14(17(22)23-6)24-16(13)19-12/h9-10H,7-8H2,1-6H3,(H,18,19,21). The lowest BCUT2D eigenvalue weighted by Gasteiger charge is -2.25. The first-order valence-electron chi connectivity index (χ1n) is 8.05. The van der Waals surface area contributed by atoms with Crippen molar-refractivity contribution in [2.75, 3.05) is 14.2 Å². The molecule has 0 radical (unpaired) electrons. The Morgan fingerprint density at radius 1 is 1.38 bits per heavy atom. The van der Waals surface area contributed by atoms with Gasteiger partial charge >= 0.3 is 5.97 Å². The minimum Gasteiger partial charge on any atom is -0.465 e. The lowest BCUT2D eigenvalue weighted by molar-refractivity contribution is 0.0605.